The van der Waals surface area contributed by atoms with Crippen molar-refractivity contribution in [3.63, 3.8) is 0 Å². The summed E-state index contributed by atoms with van der Waals surface area (Å²) >= 11 is 1.17. The van der Waals surface area contributed by atoms with E-state index in [2.05, 4.69) is 10.3 Å². The molecule has 1 amide bonds. The predicted molar refractivity (Wildman–Crippen MR) is 98.4 cm³/mol. The van der Waals surface area contributed by atoms with Crippen LogP contribution in [0.4, 0.5) is 5.69 Å². The van der Waals surface area contributed by atoms with E-state index in [-0.39, 0.29) is 11.0 Å². The first kappa shape index (κ1) is 18.2. The first-order chi connectivity index (χ1) is 11.2. The van der Waals surface area contributed by atoms with Gasteiger partial charge in [-0.2, -0.15) is 0 Å². The maximum absolute atomic E-state index is 12.4. The topological polar surface area (TPSA) is 59.1 Å². The Morgan fingerprint density at radius 2 is 1.79 bits per heavy atom. The summed E-state index contributed by atoms with van der Waals surface area (Å²) in [5.74, 6) is -0.239. The van der Waals surface area contributed by atoms with Crippen molar-refractivity contribution >= 4 is 28.5 Å². The Hall–Kier alpha value is -2.14. The number of carbonyl (C=O) groups excluding carboxylic acids is 2. The predicted octanol–water partition coefficient (Wildman–Crippen LogP) is 4.62. The van der Waals surface area contributed by atoms with Gasteiger partial charge >= 0.3 is 0 Å². The molecule has 126 valence electrons. The molecule has 0 aliphatic carbocycles. The van der Waals surface area contributed by atoms with Crippen LogP contribution in [0.1, 0.15) is 42.3 Å². The van der Waals surface area contributed by atoms with Crippen molar-refractivity contribution in [1.82, 2.24) is 4.98 Å². The lowest BCUT2D eigenvalue weighted by atomic mass is 10.00. The fourth-order valence-electron chi connectivity index (χ4n) is 1.92. The lowest BCUT2D eigenvalue weighted by Gasteiger charge is -2.18. The summed E-state index contributed by atoms with van der Waals surface area (Å²) in [6.07, 6.45) is 3.14. The largest absolute Gasteiger partial charge is 0.321 e. The van der Waals surface area contributed by atoms with E-state index < -0.39 is 5.41 Å². The molecule has 2 aromatic rings. The molecule has 24 heavy (non-hydrogen) atoms. The molecule has 0 fully saturated rings. The monoisotopic (exact) mass is 342 g/mol. The van der Waals surface area contributed by atoms with Gasteiger partial charge in [-0.1, -0.05) is 20.8 Å². The highest BCUT2D eigenvalue weighted by molar-refractivity contribution is 8.13. The molecule has 0 aliphatic heterocycles. The van der Waals surface area contributed by atoms with Crippen LogP contribution in [0.5, 0.6) is 0 Å². The third-order valence-corrected chi connectivity index (χ3v) is 4.94. The fourth-order valence-corrected chi connectivity index (χ4v) is 2.88. The second kappa shape index (κ2) is 7.18. The van der Waals surface area contributed by atoms with Gasteiger partial charge in [0.15, 0.2) is 5.12 Å². The fraction of sp³-hybridized carbons (Fsp3) is 0.316. The summed E-state index contributed by atoms with van der Waals surface area (Å²) in [4.78, 5) is 29.5. The Labute approximate surface area is 147 Å². The van der Waals surface area contributed by atoms with E-state index in [4.69, 9.17) is 0 Å². The van der Waals surface area contributed by atoms with E-state index in [0.29, 0.717) is 11.3 Å². The van der Waals surface area contributed by atoms with Gasteiger partial charge in [-0.25, -0.2) is 0 Å². The number of pyridine rings is 1. The van der Waals surface area contributed by atoms with E-state index in [1.807, 2.05) is 46.8 Å². The highest BCUT2D eigenvalue weighted by atomic mass is 32.2. The summed E-state index contributed by atoms with van der Waals surface area (Å²) < 4.78 is 0. The zero-order chi connectivity index (χ0) is 17.9. The Morgan fingerprint density at radius 3 is 2.38 bits per heavy atom. The Bertz CT molecular complexity index is 765. The molecule has 2 rings (SSSR count). The number of rotatable bonds is 3. The number of thioether (sulfide) groups is 1. The minimum absolute atomic E-state index is 0.0580. The highest BCUT2D eigenvalue weighted by Crippen LogP contribution is 2.35. The van der Waals surface area contributed by atoms with E-state index >= 15 is 0 Å². The van der Waals surface area contributed by atoms with Crippen molar-refractivity contribution in [2.45, 2.75) is 39.5 Å². The van der Waals surface area contributed by atoms with Crippen molar-refractivity contribution in [3.05, 3.63) is 53.3 Å². The van der Waals surface area contributed by atoms with Crippen LogP contribution in [-0.4, -0.2) is 16.0 Å². The molecule has 0 unspecified atom stereocenters. The normalized spacial score (nSPS) is 11.2. The number of carbonyl (C=O) groups is 2. The van der Waals surface area contributed by atoms with E-state index in [1.54, 1.807) is 18.3 Å². The van der Waals surface area contributed by atoms with Gasteiger partial charge in [0, 0.05) is 22.7 Å². The molecule has 0 spiro atoms. The first-order valence-corrected chi connectivity index (χ1v) is 8.55. The lowest BCUT2D eigenvalue weighted by molar-refractivity contribution is -0.117. The molecule has 0 aliphatic rings. The number of hydrogen-bond donors (Lipinski definition) is 1. The molecular formula is C19H22N2O2S. The summed E-state index contributed by atoms with van der Waals surface area (Å²) in [5.41, 5.74) is 2.82. The molecule has 0 atom stereocenters. The van der Waals surface area contributed by atoms with Gasteiger partial charge in [-0.15, -0.1) is 0 Å². The van der Waals surface area contributed by atoms with Crippen molar-refractivity contribution in [3.8, 4) is 0 Å². The molecule has 1 N–H and O–H groups in total. The van der Waals surface area contributed by atoms with Crippen LogP contribution in [0.2, 0.25) is 0 Å². The van der Waals surface area contributed by atoms with E-state index in [9.17, 15) is 9.59 Å². The summed E-state index contributed by atoms with van der Waals surface area (Å²) in [6.45, 7) is 9.63. The number of nitrogens with zero attached hydrogens (tertiary/aromatic N) is 1. The number of anilines is 1. The average Bonchev–Trinajstić information content (AvgIpc) is 2.52. The molecular weight excluding hydrogens is 320 g/mol. The number of amides is 1. The number of nitrogens with one attached hydrogen (secondary N) is 1. The van der Waals surface area contributed by atoms with Crippen LogP contribution in [0.15, 0.2) is 41.6 Å². The quantitative estimate of drug-likeness (QED) is 0.827. The molecule has 0 radical (unpaired) electrons. The van der Waals surface area contributed by atoms with Crippen molar-refractivity contribution < 1.29 is 9.59 Å². The van der Waals surface area contributed by atoms with Gasteiger partial charge in [0.25, 0.3) is 5.91 Å². The van der Waals surface area contributed by atoms with Crippen LogP contribution in [0.3, 0.4) is 0 Å². The minimum Gasteiger partial charge on any atom is -0.321 e. The van der Waals surface area contributed by atoms with Crippen molar-refractivity contribution in [1.29, 1.82) is 0 Å². The van der Waals surface area contributed by atoms with Crippen molar-refractivity contribution in [2.24, 2.45) is 5.41 Å². The second-order valence-electron chi connectivity index (χ2n) is 6.77. The maximum atomic E-state index is 12.4. The summed E-state index contributed by atoms with van der Waals surface area (Å²) in [5, 5.41) is 2.96. The SMILES string of the molecule is Cc1cc(NC(=O)c2cccnc2)c(SC(=O)C(C)(C)C)cc1C. The molecule has 0 saturated heterocycles. The van der Waals surface area contributed by atoms with Gasteiger partial charge in [0.05, 0.1) is 11.3 Å². The van der Waals surface area contributed by atoms with Gasteiger partial charge in [0.2, 0.25) is 0 Å². The molecule has 0 saturated carbocycles. The number of benzene rings is 1. The Morgan fingerprint density at radius 1 is 1.12 bits per heavy atom. The number of aryl methyl sites for hydroxylation is 2. The maximum Gasteiger partial charge on any atom is 0.257 e. The van der Waals surface area contributed by atoms with E-state index in [0.717, 1.165) is 16.0 Å². The molecule has 1 aromatic heterocycles. The first-order valence-electron chi connectivity index (χ1n) is 7.73. The van der Waals surface area contributed by atoms with Gasteiger partial charge in [-0.3, -0.25) is 14.6 Å². The minimum atomic E-state index is -0.450. The van der Waals surface area contributed by atoms with Gasteiger partial charge in [0.1, 0.15) is 0 Å². The van der Waals surface area contributed by atoms with Gasteiger partial charge < -0.3 is 5.32 Å². The number of hydrogen-bond acceptors (Lipinski definition) is 4. The van der Waals surface area contributed by atoms with Crippen molar-refractivity contribution in [2.75, 3.05) is 5.32 Å². The molecule has 1 heterocycles. The summed E-state index contributed by atoms with van der Waals surface area (Å²) in [7, 11) is 0. The molecule has 5 heteroatoms. The Balaban J connectivity index is 2.33. The van der Waals surface area contributed by atoms with Gasteiger partial charge in [-0.05, 0) is 61.0 Å². The van der Waals surface area contributed by atoms with Crippen LogP contribution in [-0.2, 0) is 4.79 Å². The van der Waals surface area contributed by atoms with Crippen LogP contribution >= 0.6 is 11.8 Å². The average molecular weight is 342 g/mol. The van der Waals surface area contributed by atoms with Crippen LogP contribution in [0.25, 0.3) is 0 Å². The lowest BCUT2D eigenvalue weighted by Crippen LogP contribution is -2.17. The zero-order valence-electron chi connectivity index (χ0n) is 14.6. The standard InChI is InChI=1S/C19H22N2O2S/c1-12-9-15(21-17(22)14-7-6-8-20-11-14)16(10-13(12)2)24-18(23)19(3,4)5/h6-11H,1-5H3,(H,21,22). The second-order valence-corrected chi connectivity index (χ2v) is 7.78. The Kier molecular flexibility index (Phi) is 5.44. The van der Waals surface area contributed by atoms with Crippen LogP contribution in [0, 0.1) is 19.3 Å². The van der Waals surface area contributed by atoms with E-state index in [1.165, 1.54) is 18.0 Å². The van der Waals surface area contributed by atoms with Crippen LogP contribution < -0.4 is 5.32 Å². The number of aromatic nitrogens is 1. The molecule has 1 aromatic carbocycles. The molecule has 4 nitrogen and oxygen atoms in total. The zero-order valence-corrected chi connectivity index (χ0v) is 15.5. The third-order valence-electron chi connectivity index (χ3n) is 3.58. The highest BCUT2D eigenvalue weighted by Gasteiger charge is 2.24. The summed E-state index contributed by atoms with van der Waals surface area (Å²) in [6, 6.07) is 7.27. The molecule has 0 bridgehead atoms. The third kappa shape index (κ3) is 4.45. The smallest absolute Gasteiger partial charge is 0.257 e.